The fourth-order valence-corrected chi connectivity index (χ4v) is 3.15. The Bertz CT molecular complexity index is 905. The molecular weight excluding hydrogens is 334 g/mol. The number of fused-ring (bicyclic) bond motifs is 1. The van der Waals surface area contributed by atoms with Gasteiger partial charge in [-0.2, -0.15) is 0 Å². The smallest absolute Gasteiger partial charge is 0.167 e. The number of hydrogen-bond acceptors (Lipinski definition) is 7. The number of hydrogen-bond donors (Lipinski definition) is 1. The van der Waals surface area contributed by atoms with Crippen molar-refractivity contribution in [3.8, 4) is 11.5 Å². The summed E-state index contributed by atoms with van der Waals surface area (Å²) in [5, 5.41) is 3.29. The van der Waals surface area contributed by atoms with Crippen LogP contribution in [0, 0.1) is 0 Å². The fourth-order valence-electron chi connectivity index (χ4n) is 3.15. The molecule has 1 unspecified atom stereocenters. The summed E-state index contributed by atoms with van der Waals surface area (Å²) in [5.74, 6) is 1.95. The second kappa shape index (κ2) is 7.17. The molecule has 0 aliphatic carbocycles. The lowest BCUT2D eigenvalue weighted by Gasteiger charge is -2.23. The van der Waals surface area contributed by atoms with Crippen LogP contribution in [-0.2, 0) is 4.74 Å². The monoisotopic (exact) mass is 355 g/mol. The van der Waals surface area contributed by atoms with Crippen molar-refractivity contribution >= 4 is 22.7 Å². The molecule has 1 N–H and O–H groups in total. The van der Waals surface area contributed by atoms with Crippen LogP contribution < -0.4 is 14.8 Å². The maximum Gasteiger partial charge on any atom is 0.167 e. The number of methoxy groups -OCH3 is 2. The summed E-state index contributed by atoms with van der Waals surface area (Å²) in [6.07, 6.45) is 6.50. The minimum absolute atomic E-state index is 0.0161. The lowest BCUT2D eigenvalue weighted by atomic mass is 10.2. The molecule has 8 heteroatoms. The van der Waals surface area contributed by atoms with Crippen LogP contribution in [0.15, 0.2) is 30.9 Å². The van der Waals surface area contributed by atoms with Gasteiger partial charge in [0.25, 0.3) is 0 Å². The summed E-state index contributed by atoms with van der Waals surface area (Å²) in [5.41, 5.74) is 2.29. The summed E-state index contributed by atoms with van der Waals surface area (Å²) >= 11 is 0. The lowest BCUT2D eigenvalue weighted by molar-refractivity contribution is -0.0298. The van der Waals surface area contributed by atoms with E-state index in [9.17, 15) is 0 Å². The quantitative estimate of drug-likeness (QED) is 0.752. The van der Waals surface area contributed by atoms with E-state index in [0.717, 1.165) is 37.2 Å². The molecule has 1 aromatic carbocycles. The first-order valence-electron chi connectivity index (χ1n) is 8.58. The minimum atomic E-state index is -0.0161. The second-order valence-electron chi connectivity index (χ2n) is 6.06. The van der Waals surface area contributed by atoms with Gasteiger partial charge in [0.15, 0.2) is 28.5 Å². The third-order valence-electron chi connectivity index (χ3n) is 4.47. The van der Waals surface area contributed by atoms with Gasteiger partial charge < -0.3 is 19.5 Å². The van der Waals surface area contributed by atoms with E-state index >= 15 is 0 Å². The summed E-state index contributed by atoms with van der Waals surface area (Å²) in [6.45, 7) is 0.770. The standard InChI is InChI=1S/C18H21N5O3/c1-24-13-7-6-12(9-14(13)25-2)22-17-16-18(20-10-19-17)23(11-21-16)15-5-3-4-8-26-15/h6-7,9-11,15H,3-5,8H2,1-2H3,(H,19,20,22). The van der Waals surface area contributed by atoms with Crippen LogP contribution >= 0.6 is 0 Å². The number of aromatic nitrogens is 4. The highest BCUT2D eigenvalue weighted by molar-refractivity contribution is 5.85. The molecular formula is C18H21N5O3. The Morgan fingerprint density at radius 3 is 2.77 bits per heavy atom. The topological polar surface area (TPSA) is 83.3 Å². The molecule has 0 saturated carbocycles. The van der Waals surface area contributed by atoms with Crippen molar-refractivity contribution in [1.29, 1.82) is 0 Å². The van der Waals surface area contributed by atoms with Crippen molar-refractivity contribution < 1.29 is 14.2 Å². The first-order valence-corrected chi connectivity index (χ1v) is 8.58. The van der Waals surface area contributed by atoms with Gasteiger partial charge in [0, 0.05) is 18.4 Å². The average molecular weight is 355 g/mol. The summed E-state index contributed by atoms with van der Waals surface area (Å²) in [4.78, 5) is 13.3. The van der Waals surface area contributed by atoms with Crippen molar-refractivity contribution in [2.75, 3.05) is 26.1 Å². The van der Waals surface area contributed by atoms with Gasteiger partial charge >= 0.3 is 0 Å². The molecule has 8 nitrogen and oxygen atoms in total. The Hall–Kier alpha value is -2.87. The van der Waals surface area contributed by atoms with Crippen LogP contribution in [-0.4, -0.2) is 40.3 Å². The van der Waals surface area contributed by atoms with E-state index < -0.39 is 0 Å². The SMILES string of the molecule is COc1ccc(Nc2ncnc3c2ncn3C2CCCCO2)cc1OC. The van der Waals surface area contributed by atoms with Crippen LogP contribution in [0.5, 0.6) is 11.5 Å². The number of imidazole rings is 1. The first-order chi connectivity index (χ1) is 12.8. The Labute approximate surface area is 151 Å². The number of nitrogens with one attached hydrogen (secondary N) is 1. The minimum Gasteiger partial charge on any atom is -0.493 e. The highest BCUT2D eigenvalue weighted by Crippen LogP contribution is 2.32. The molecule has 1 fully saturated rings. The number of nitrogens with zero attached hydrogens (tertiary/aromatic N) is 4. The van der Waals surface area contributed by atoms with Crippen LogP contribution in [0.2, 0.25) is 0 Å². The van der Waals surface area contributed by atoms with Crippen molar-refractivity contribution in [2.24, 2.45) is 0 Å². The molecule has 0 radical (unpaired) electrons. The van der Waals surface area contributed by atoms with Crippen molar-refractivity contribution in [3.63, 3.8) is 0 Å². The molecule has 1 aliphatic heterocycles. The van der Waals surface area contributed by atoms with Crippen LogP contribution in [0.4, 0.5) is 11.5 Å². The Morgan fingerprint density at radius 2 is 2.00 bits per heavy atom. The fraction of sp³-hybridized carbons (Fsp3) is 0.389. The van der Waals surface area contributed by atoms with Gasteiger partial charge in [0.2, 0.25) is 0 Å². The summed E-state index contributed by atoms with van der Waals surface area (Å²) in [7, 11) is 3.22. The average Bonchev–Trinajstić information content (AvgIpc) is 3.14. The van der Waals surface area contributed by atoms with E-state index in [1.165, 1.54) is 6.33 Å². The van der Waals surface area contributed by atoms with E-state index in [2.05, 4.69) is 20.3 Å². The highest BCUT2D eigenvalue weighted by atomic mass is 16.5. The number of benzene rings is 1. The van der Waals surface area contributed by atoms with Gasteiger partial charge in [0.1, 0.15) is 12.6 Å². The van der Waals surface area contributed by atoms with E-state index in [1.54, 1.807) is 20.5 Å². The Morgan fingerprint density at radius 1 is 1.12 bits per heavy atom. The van der Waals surface area contributed by atoms with Gasteiger partial charge in [-0.15, -0.1) is 0 Å². The maximum absolute atomic E-state index is 5.86. The molecule has 3 heterocycles. The first kappa shape index (κ1) is 16.6. The molecule has 0 amide bonds. The van der Waals surface area contributed by atoms with Crippen LogP contribution in [0.25, 0.3) is 11.2 Å². The second-order valence-corrected chi connectivity index (χ2v) is 6.06. The Kier molecular flexibility index (Phi) is 4.57. The number of anilines is 2. The number of ether oxygens (including phenoxy) is 3. The molecule has 0 spiro atoms. The van der Waals surface area contributed by atoms with E-state index in [1.807, 2.05) is 22.8 Å². The molecule has 0 bridgehead atoms. The third kappa shape index (κ3) is 3.03. The number of rotatable bonds is 5. The van der Waals surface area contributed by atoms with Gasteiger partial charge in [-0.25, -0.2) is 15.0 Å². The van der Waals surface area contributed by atoms with Gasteiger partial charge in [-0.1, -0.05) is 0 Å². The van der Waals surface area contributed by atoms with E-state index in [4.69, 9.17) is 14.2 Å². The zero-order valence-electron chi connectivity index (χ0n) is 14.8. The third-order valence-corrected chi connectivity index (χ3v) is 4.47. The lowest BCUT2D eigenvalue weighted by Crippen LogP contribution is -2.17. The predicted molar refractivity (Wildman–Crippen MR) is 97.0 cm³/mol. The van der Waals surface area contributed by atoms with Gasteiger partial charge in [-0.05, 0) is 31.4 Å². The molecule has 4 rings (SSSR count). The van der Waals surface area contributed by atoms with Gasteiger partial charge in [0.05, 0.1) is 20.5 Å². The Balaban J connectivity index is 1.66. The van der Waals surface area contributed by atoms with E-state index in [-0.39, 0.29) is 6.23 Å². The molecule has 1 saturated heterocycles. The zero-order valence-corrected chi connectivity index (χ0v) is 14.8. The van der Waals surface area contributed by atoms with Crippen molar-refractivity contribution in [1.82, 2.24) is 19.5 Å². The van der Waals surface area contributed by atoms with Crippen LogP contribution in [0.1, 0.15) is 25.5 Å². The highest BCUT2D eigenvalue weighted by Gasteiger charge is 2.20. The molecule has 2 aromatic heterocycles. The predicted octanol–water partition coefficient (Wildman–Crippen LogP) is 3.29. The van der Waals surface area contributed by atoms with Crippen molar-refractivity contribution in [3.05, 3.63) is 30.9 Å². The van der Waals surface area contributed by atoms with E-state index in [0.29, 0.717) is 22.8 Å². The molecule has 26 heavy (non-hydrogen) atoms. The molecule has 3 aromatic rings. The largest absolute Gasteiger partial charge is 0.493 e. The van der Waals surface area contributed by atoms with Crippen LogP contribution in [0.3, 0.4) is 0 Å². The molecule has 1 atom stereocenters. The molecule has 136 valence electrons. The summed E-state index contributed by atoms with van der Waals surface area (Å²) in [6, 6.07) is 5.60. The zero-order chi connectivity index (χ0) is 17.9. The molecule has 1 aliphatic rings. The van der Waals surface area contributed by atoms with Crippen molar-refractivity contribution in [2.45, 2.75) is 25.5 Å². The normalized spacial score (nSPS) is 17.2. The summed E-state index contributed by atoms with van der Waals surface area (Å²) < 4.78 is 18.5. The van der Waals surface area contributed by atoms with Gasteiger partial charge in [-0.3, -0.25) is 4.57 Å². The maximum atomic E-state index is 5.86.